The van der Waals surface area contributed by atoms with Gasteiger partial charge in [0.25, 0.3) is 0 Å². The van der Waals surface area contributed by atoms with Crippen molar-refractivity contribution in [3.63, 3.8) is 0 Å². The van der Waals surface area contributed by atoms with E-state index >= 15 is 0 Å². The summed E-state index contributed by atoms with van der Waals surface area (Å²) >= 11 is 0. The van der Waals surface area contributed by atoms with Gasteiger partial charge in [-0.1, -0.05) is 25.0 Å². The highest BCUT2D eigenvalue weighted by Gasteiger charge is 2.69. The van der Waals surface area contributed by atoms with Gasteiger partial charge in [-0.05, 0) is 76.4 Å². The van der Waals surface area contributed by atoms with Crippen molar-refractivity contribution < 1.29 is 24.5 Å². The van der Waals surface area contributed by atoms with Crippen LogP contribution in [0.3, 0.4) is 0 Å². The second kappa shape index (κ2) is 7.03. The standard InChI is InChI=1S/C25H36O5/c1-14(11-16-17(26)12-15(2)20(16)27)7-8-19-23(3)9-6-10-24(4)21(23)18(30-22(24)28)13-25(19,5)29/h11-12,16-19,21,26,29H,6-10,13H2,1-5H3/b14-11+/t16-,17+,18-,19+,21+,23+,24+,25+/m0/s1. The van der Waals surface area contributed by atoms with Gasteiger partial charge in [-0.25, -0.2) is 0 Å². The van der Waals surface area contributed by atoms with E-state index in [-0.39, 0.29) is 35.1 Å². The van der Waals surface area contributed by atoms with Gasteiger partial charge in [0.05, 0.1) is 23.0 Å². The molecule has 1 aliphatic heterocycles. The average molecular weight is 417 g/mol. The van der Waals surface area contributed by atoms with E-state index in [0.29, 0.717) is 12.0 Å². The lowest BCUT2D eigenvalue weighted by Crippen LogP contribution is -2.61. The molecule has 5 nitrogen and oxygen atoms in total. The molecule has 0 aromatic carbocycles. The average Bonchev–Trinajstić information content (AvgIpc) is 3.01. The van der Waals surface area contributed by atoms with E-state index in [1.807, 2.05) is 19.9 Å². The maximum atomic E-state index is 12.7. The lowest BCUT2D eigenvalue weighted by atomic mass is 9.45. The van der Waals surface area contributed by atoms with Crippen LogP contribution >= 0.6 is 0 Å². The number of carbonyl (C=O) groups excluding carboxylic acids is 2. The first-order chi connectivity index (χ1) is 13.9. The van der Waals surface area contributed by atoms with Gasteiger partial charge in [-0.15, -0.1) is 0 Å². The van der Waals surface area contributed by atoms with Crippen LogP contribution in [-0.4, -0.2) is 39.8 Å². The minimum absolute atomic E-state index is 0.00835. The van der Waals surface area contributed by atoms with E-state index in [1.165, 1.54) is 0 Å². The van der Waals surface area contributed by atoms with Crippen molar-refractivity contribution in [2.45, 2.75) is 91.0 Å². The van der Waals surface area contributed by atoms with Crippen molar-refractivity contribution >= 4 is 11.8 Å². The number of allylic oxidation sites excluding steroid dienone is 2. The molecular formula is C25H36O5. The predicted octanol–water partition coefficient (Wildman–Crippen LogP) is 3.73. The lowest BCUT2D eigenvalue weighted by Gasteiger charge is -2.59. The summed E-state index contributed by atoms with van der Waals surface area (Å²) in [5.74, 6) is -0.396. The van der Waals surface area contributed by atoms with Crippen molar-refractivity contribution in [2.24, 2.45) is 28.6 Å². The zero-order chi connectivity index (χ0) is 22.1. The first-order valence-corrected chi connectivity index (χ1v) is 11.4. The maximum absolute atomic E-state index is 12.7. The molecule has 0 radical (unpaired) electrons. The van der Waals surface area contributed by atoms with Crippen LogP contribution < -0.4 is 0 Å². The van der Waals surface area contributed by atoms with E-state index in [4.69, 9.17) is 4.74 Å². The van der Waals surface area contributed by atoms with Gasteiger partial charge in [-0.2, -0.15) is 0 Å². The van der Waals surface area contributed by atoms with Gasteiger partial charge in [0, 0.05) is 12.3 Å². The van der Waals surface area contributed by atoms with Gasteiger partial charge in [0.15, 0.2) is 5.78 Å². The molecule has 8 atom stereocenters. The fourth-order valence-corrected chi connectivity index (χ4v) is 7.53. The summed E-state index contributed by atoms with van der Waals surface area (Å²) in [7, 11) is 0. The Morgan fingerprint density at radius 1 is 1.27 bits per heavy atom. The third kappa shape index (κ3) is 3.12. The van der Waals surface area contributed by atoms with Crippen LogP contribution in [0.1, 0.15) is 73.1 Å². The van der Waals surface area contributed by atoms with E-state index in [9.17, 15) is 19.8 Å². The molecule has 4 rings (SSSR count). The number of aliphatic hydroxyl groups is 2. The van der Waals surface area contributed by atoms with Gasteiger partial charge in [0.1, 0.15) is 6.10 Å². The van der Waals surface area contributed by atoms with Crippen LogP contribution in [-0.2, 0) is 14.3 Å². The summed E-state index contributed by atoms with van der Waals surface area (Å²) in [5.41, 5.74) is 0.181. The molecule has 0 amide bonds. The molecule has 1 heterocycles. The number of ketones is 1. The Morgan fingerprint density at radius 3 is 2.60 bits per heavy atom. The fraction of sp³-hybridized carbons (Fsp3) is 0.760. The Morgan fingerprint density at radius 2 is 1.97 bits per heavy atom. The molecular weight excluding hydrogens is 380 g/mol. The van der Waals surface area contributed by atoms with Gasteiger partial charge in [0.2, 0.25) is 0 Å². The molecule has 5 heteroatoms. The number of esters is 1. The molecule has 0 aromatic rings. The Kier molecular flexibility index (Phi) is 5.10. The number of hydrogen-bond donors (Lipinski definition) is 2. The summed E-state index contributed by atoms with van der Waals surface area (Å²) in [6.45, 7) is 9.95. The third-order valence-corrected chi connectivity index (χ3v) is 8.84. The van der Waals surface area contributed by atoms with Gasteiger partial charge in [-0.3, -0.25) is 9.59 Å². The molecule has 30 heavy (non-hydrogen) atoms. The molecule has 0 aromatic heterocycles. The second-order valence-electron chi connectivity index (χ2n) is 11.1. The third-order valence-electron chi connectivity index (χ3n) is 8.84. The molecule has 4 aliphatic rings. The first kappa shape index (κ1) is 21.8. The largest absolute Gasteiger partial charge is 0.461 e. The van der Waals surface area contributed by atoms with Crippen LogP contribution in [0.15, 0.2) is 23.3 Å². The van der Waals surface area contributed by atoms with E-state index in [0.717, 1.165) is 37.7 Å². The van der Waals surface area contributed by atoms with E-state index < -0.39 is 23.0 Å². The Hall–Kier alpha value is -1.46. The molecule has 3 fully saturated rings. The Balaban J connectivity index is 1.55. The highest BCUT2D eigenvalue weighted by atomic mass is 16.6. The van der Waals surface area contributed by atoms with Crippen molar-refractivity contribution in [1.29, 1.82) is 0 Å². The lowest BCUT2D eigenvalue weighted by molar-refractivity contribution is -0.181. The number of hydrogen-bond acceptors (Lipinski definition) is 5. The highest BCUT2D eigenvalue weighted by Crippen LogP contribution is 2.66. The number of carbonyl (C=O) groups is 2. The molecule has 2 N–H and O–H groups in total. The molecule has 3 aliphatic carbocycles. The summed E-state index contributed by atoms with van der Waals surface area (Å²) in [5, 5.41) is 21.6. The summed E-state index contributed by atoms with van der Waals surface area (Å²) in [6.07, 6.45) is 7.46. The molecule has 166 valence electrons. The zero-order valence-corrected chi connectivity index (χ0v) is 18.9. The van der Waals surface area contributed by atoms with E-state index in [2.05, 4.69) is 13.8 Å². The van der Waals surface area contributed by atoms with Crippen molar-refractivity contribution in [1.82, 2.24) is 0 Å². The van der Waals surface area contributed by atoms with Crippen molar-refractivity contribution in [3.8, 4) is 0 Å². The van der Waals surface area contributed by atoms with Gasteiger partial charge >= 0.3 is 5.97 Å². The summed E-state index contributed by atoms with van der Waals surface area (Å²) in [4.78, 5) is 25.0. The van der Waals surface area contributed by atoms with Crippen LogP contribution in [0.4, 0.5) is 0 Å². The SMILES string of the molecule is CC1=C[C@@H](O)[C@H](/C=C(\C)CC[C@@H]2[C@@]3(C)CCC[C@@]4(C)C(=O)O[C@@H](C[C@@]2(C)O)[C@H]34)C1=O. The Bertz CT molecular complexity index is 823. The molecule has 0 spiro atoms. The molecule has 0 bridgehead atoms. The molecule has 0 unspecified atom stereocenters. The maximum Gasteiger partial charge on any atom is 0.312 e. The minimum atomic E-state index is -0.903. The monoisotopic (exact) mass is 416 g/mol. The number of rotatable bonds is 4. The molecule has 2 saturated carbocycles. The quantitative estimate of drug-likeness (QED) is 0.539. The summed E-state index contributed by atoms with van der Waals surface area (Å²) in [6, 6.07) is 0. The van der Waals surface area contributed by atoms with Crippen molar-refractivity contribution in [3.05, 3.63) is 23.3 Å². The predicted molar refractivity (Wildman–Crippen MR) is 113 cm³/mol. The van der Waals surface area contributed by atoms with Crippen LogP contribution in [0.2, 0.25) is 0 Å². The minimum Gasteiger partial charge on any atom is -0.461 e. The smallest absolute Gasteiger partial charge is 0.312 e. The zero-order valence-electron chi connectivity index (χ0n) is 18.9. The van der Waals surface area contributed by atoms with E-state index in [1.54, 1.807) is 13.0 Å². The van der Waals surface area contributed by atoms with Crippen LogP contribution in [0.5, 0.6) is 0 Å². The number of Topliss-reactive ketones (excluding diaryl/α,β-unsaturated/α-hetero) is 1. The number of ether oxygens (including phenoxy) is 1. The van der Waals surface area contributed by atoms with Crippen molar-refractivity contribution in [2.75, 3.05) is 0 Å². The normalized spacial score (nSPS) is 48.4. The first-order valence-electron chi connectivity index (χ1n) is 11.4. The highest BCUT2D eigenvalue weighted by molar-refractivity contribution is 6.01. The molecule has 1 saturated heterocycles. The second-order valence-corrected chi connectivity index (χ2v) is 11.1. The van der Waals surface area contributed by atoms with Gasteiger partial charge < -0.3 is 14.9 Å². The Labute approximate surface area is 179 Å². The summed E-state index contributed by atoms with van der Waals surface area (Å²) < 4.78 is 5.80. The fourth-order valence-electron chi connectivity index (χ4n) is 7.53. The topological polar surface area (TPSA) is 83.8 Å². The number of aliphatic hydroxyl groups excluding tert-OH is 1. The van der Waals surface area contributed by atoms with Crippen LogP contribution in [0, 0.1) is 28.6 Å². The van der Waals surface area contributed by atoms with Crippen LogP contribution in [0.25, 0.3) is 0 Å².